The molecule has 2 saturated heterocycles. The Bertz CT molecular complexity index is 2820. The number of aryl methyl sites for hydroxylation is 1. The number of rotatable bonds is 6. The summed E-state index contributed by atoms with van der Waals surface area (Å²) >= 11 is 0. The Kier molecular flexibility index (Phi) is 10.3. The summed E-state index contributed by atoms with van der Waals surface area (Å²) in [5.41, 5.74) is 12.7. The first-order valence-corrected chi connectivity index (χ1v) is 20.1. The molecule has 2 aliphatic heterocycles. The zero-order valence-corrected chi connectivity index (χ0v) is 33.4. The summed E-state index contributed by atoms with van der Waals surface area (Å²) in [7, 11) is 1.95. The number of nitrogens with zero attached hydrogens (tertiary/aromatic N) is 9. The molecule has 10 rings (SSSR count). The number of piperidine rings is 2. The molecule has 59 heavy (non-hydrogen) atoms. The lowest BCUT2D eigenvalue weighted by atomic mass is 10.0. The van der Waals surface area contributed by atoms with E-state index in [1.807, 2.05) is 39.9 Å². The van der Waals surface area contributed by atoms with E-state index in [1.54, 1.807) is 45.0 Å². The third-order valence-electron chi connectivity index (χ3n) is 11.5. The molecule has 0 unspecified atom stereocenters. The second-order valence-corrected chi connectivity index (χ2v) is 15.4. The van der Waals surface area contributed by atoms with Gasteiger partial charge >= 0.3 is 0 Å². The number of hydrogen-bond acceptors (Lipinski definition) is 10. The van der Waals surface area contributed by atoms with Crippen molar-refractivity contribution in [2.45, 2.75) is 51.6 Å². The Labute approximate surface area is 341 Å². The smallest absolute Gasteiger partial charge is 0.219 e. The quantitative estimate of drug-likeness (QED) is 0.157. The molecule has 8 aromatic rings. The van der Waals surface area contributed by atoms with E-state index in [0.29, 0.717) is 6.04 Å². The summed E-state index contributed by atoms with van der Waals surface area (Å²) in [6.45, 7) is 6.43. The fourth-order valence-corrected chi connectivity index (χ4v) is 8.36. The molecular formula is C45H46N12O2. The van der Waals surface area contributed by atoms with E-state index < -0.39 is 0 Å². The predicted octanol–water partition coefficient (Wildman–Crippen LogP) is 7.20. The van der Waals surface area contributed by atoms with Crippen LogP contribution in [-0.2, 0) is 16.6 Å². The number of aromatic nitrogens is 8. The molecule has 0 spiro atoms. The number of hydrogen-bond donors (Lipinski definition) is 3. The lowest BCUT2D eigenvalue weighted by Gasteiger charge is -2.33. The van der Waals surface area contributed by atoms with Crippen LogP contribution in [0.15, 0.2) is 98.0 Å². The number of anilines is 2. The van der Waals surface area contributed by atoms with Gasteiger partial charge in [0.25, 0.3) is 0 Å². The molecule has 0 aliphatic carbocycles. The van der Waals surface area contributed by atoms with Gasteiger partial charge in [-0.2, -0.15) is 5.10 Å². The molecule has 2 fully saturated rings. The van der Waals surface area contributed by atoms with Crippen LogP contribution in [0.1, 0.15) is 39.5 Å². The molecule has 14 nitrogen and oxygen atoms in total. The van der Waals surface area contributed by atoms with Crippen LogP contribution in [0.25, 0.3) is 66.3 Å². The van der Waals surface area contributed by atoms with Crippen molar-refractivity contribution in [2.24, 2.45) is 7.05 Å². The van der Waals surface area contributed by atoms with E-state index in [4.69, 9.17) is 0 Å². The first kappa shape index (κ1) is 37.6. The highest BCUT2D eigenvalue weighted by atomic mass is 16.2. The standard InChI is InChI=1S/C23H24N6O.C22H22N6O/c1-15(30)29-9-3-4-18(14-29)27-19-11-20(23-21(12-19)24-7-8-25-23)16-5-6-17-13-26-28(2)22(17)10-16;1-14(29)28-8-4-16(5-9-28)27-17-11-18(22-21(12-17)23-6-7-24-22)15-2-3-19-20(10-15)26-13-25-19/h5-8,10-13,18,27H,3-4,9,14H2,1-2H3;2-3,6-7,10-13,16,27H,4-5,8-9H2,1H3,(H,25,26)/t18-;/m0./s1. The van der Waals surface area contributed by atoms with Gasteiger partial charge in [-0.25, -0.2) is 4.98 Å². The maximum Gasteiger partial charge on any atom is 0.219 e. The second-order valence-electron chi connectivity index (χ2n) is 15.4. The van der Waals surface area contributed by atoms with Crippen molar-refractivity contribution in [3.8, 4) is 22.3 Å². The fourth-order valence-electron chi connectivity index (χ4n) is 8.36. The molecule has 6 heterocycles. The monoisotopic (exact) mass is 786 g/mol. The average Bonchev–Trinajstić information content (AvgIpc) is 3.89. The first-order chi connectivity index (χ1) is 28.8. The fraction of sp³-hybridized carbons (Fsp3) is 0.289. The maximum atomic E-state index is 11.8. The van der Waals surface area contributed by atoms with Gasteiger partial charge in [-0.3, -0.25) is 34.2 Å². The van der Waals surface area contributed by atoms with Crippen molar-refractivity contribution in [2.75, 3.05) is 36.8 Å². The minimum absolute atomic E-state index is 0.135. The predicted molar refractivity (Wildman–Crippen MR) is 232 cm³/mol. The van der Waals surface area contributed by atoms with E-state index in [9.17, 15) is 9.59 Å². The van der Waals surface area contributed by atoms with Crippen LogP contribution in [0.5, 0.6) is 0 Å². The van der Waals surface area contributed by atoms with Crippen molar-refractivity contribution < 1.29 is 9.59 Å². The topological polar surface area (TPSA) is 163 Å². The van der Waals surface area contributed by atoms with Crippen molar-refractivity contribution in [3.63, 3.8) is 0 Å². The number of carbonyl (C=O) groups is 2. The second kappa shape index (κ2) is 16.1. The largest absolute Gasteiger partial charge is 0.382 e. The van der Waals surface area contributed by atoms with Crippen molar-refractivity contribution in [3.05, 3.63) is 98.0 Å². The number of nitrogens with one attached hydrogen (secondary N) is 3. The molecule has 1 atom stereocenters. The van der Waals surface area contributed by atoms with Crippen LogP contribution in [0.2, 0.25) is 0 Å². The summed E-state index contributed by atoms with van der Waals surface area (Å²) < 4.78 is 1.88. The van der Waals surface area contributed by atoms with Crippen molar-refractivity contribution in [1.29, 1.82) is 0 Å². The van der Waals surface area contributed by atoms with Gasteiger partial charge in [0.05, 0.1) is 51.1 Å². The number of aromatic amines is 1. The number of fused-ring (bicyclic) bond motifs is 4. The van der Waals surface area contributed by atoms with E-state index in [2.05, 4.69) is 94.2 Å². The molecular weight excluding hydrogens is 741 g/mol. The third-order valence-corrected chi connectivity index (χ3v) is 11.5. The molecule has 2 amide bonds. The van der Waals surface area contributed by atoms with Crippen molar-refractivity contribution >= 4 is 67.2 Å². The molecule has 0 bridgehead atoms. The van der Waals surface area contributed by atoms with E-state index in [-0.39, 0.29) is 17.9 Å². The normalized spacial score (nSPS) is 16.0. The molecule has 0 saturated carbocycles. The van der Waals surface area contributed by atoms with E-state index >= 15 is 0 Å². The van der Waals surface area contributed by atoms with Crippen LogP contribution in [-0.4, -0.2) is 99.6 Å². The molecule has 4 aromatic heterocycles. The van der Waals surface area contributed by atoms with Gasteiger partial charge in [-0.1, -0.05) is 18.2 Å². The van der Waals surface area contributed by atoms with Crippen LogP contribution >= 0.6 is 0 Å². The number of amides is 2. The summed E-state index contributed by atoms with van der Waals surface area (Å²) in [4.78, 5) is 52.9. The van der Waals surface area contributed by atoms with Gasteiger partial charge in [-0.15, -0.1) is 0 Å². The highest BCUT2D eigenvalue weighted by Crippen LogP contribution is 2.34. The van der Waals surface area contributed by atoms with Crippen LogP contribution in [0, 0.1) is 0 Å². The summed E-state index contributed by atoms with van der Waals surface area (Å²) in [5, 5.41) is 12.7. The zero-order chi connectivity index (χ0) is 40.5. The van der Waals surface area contributed by atoms with Crippen LogP contribution in [0.3, 0.4) is 0 Å². The van der Waals surface area contributed by atoms with Gasteiger partial charge < -0.3 is 25.4 Å². The molecule has 3 N–H and O–H groups in total. The third kappa shape index (κ3) is 7.98. The molecule has 14 heteroatoms. The zero-order valence-electron chi connectivity index (χ0n) is 33.4. The Balaban J connectivity index is 0.000000152. The summed E-state index contributed by atoms with van der Waals surface area (Å²) in [5.74, 6) is 0.289. The number of carbonyl (C=O) groups excluding carboxylic acids is 2. The number of H-pyrrole nitrogens is 1. The number of imidazole rings is 1. The summed E-state index contributed by atoms with van der Waals surface area (Å²) in [6, 6.07) is 21.5. The Morgan fingerprint density at radius 3 is 1.97 bits per heavy atom. The molecule has 0 radical (unpaired) electrons. The molecule has 4 aromatic carbocycles. The van der Waals surface area contributed by atoms with Gasteiger partial charge in [-0.05, 0) is 79.3 Å². The molecule has 2 aliphatic rings. The van der Waals surface area contributed by atoms with Crippen molar-refractivity contribution in [1.82, 2.24) is 49.5 Å². The maximum absolute atomic E-state index is 11.8. The van der Waals surface area contributed by atoms with Gasteiger partial charge in [0.1, 0.15) is 0 Å². The van der Waals surface area contributed by atoms with Gasteiger partial charge in [0, 0.05) is 112 Å². The molecule has 298 valence electrons. The van der Waals surface area contributed by atoms with Crippen LogP contribution in [0.4, 0.5) is 11.4 Å². The minimum atomic E-state index is 0.135. The summed E-state index contributed by atoms with van der Waals surface area (Å²) in [6.07, 6.45) is 14.4. The van der Waals surface area contributed by atoms with Crippen LogP contribution < -0.4 is 10.6 Å². The van der Waals surface area contributed by atoms with Gasteiger partial charge in [0.2, 0.25) is 11.8 Å². The van der Waals surface area contributed by atoms with E-state index in [0.717, 1.165) is 129 Å². The lowest BCUT2D eigenvalue weighted by Crippen LogP contribution is -2.44. The van der Waals surface area contributed by atoms with Gasteiger partial charge in [0.15, 0.2) is 0 Å². The highest BCUT2D eigenvalue weighted by Gasteiger charge is 2.23. The minimum Gasteiger partial charge on any atom is -0.382 e. The Morgan fingerprint density at radius 2 is 1.29 bits per heavy atom. The SMILES string of the molecule is CC(=O)N1CCC(Nc2cc(-c3ccc4nc[nH]c4c3)c3nccnc3c2)CC1.CC(=O)N1CCC[C@H](Nc2cc(-c3ccc4cnn(C)c4c3)c3nccnc3c2)C1. The highest BCUT2D eigenvalue weighted by molar-refractivity contribution is 5.98. The Morgan fingerprint density at radius 1 is 0.661 bits per heavy atom. The van der Waals surface area contributed by atoms with E-state index in [1.165, 1.54) is 0 Å². The lowest BCUT2D eigenvalue weighted by molar-refractivity contribution is -0.130. The average molecular weight is 787 g/mol. The Hall–Kier alpha value is -6.96. The first-order valence-electron chi connectivity index (χ1n) is 20.1. The number of likely N-dealkylation sites (tertiary alicyclic amines) is 2. The number of benzene rings is 4.